The lowest BCUT2D eigenvalue weighted by atomic mass is 10.2. The van der Waals surface area contributed by atoms with Crippen LogP contribution in [0.5, 0.6) is 0 Å². The second-order valence-corrected chi connectivity index (χ2v) is 4.29. The molecule has 0 saturated carbocycles. The lowest BCUT2D eigenvalue weighted by molar-refractivity contribution is -0.384. The minimum Gasteiger partial charge on any atom is -0.354 e. The van der Waals surface area contributed by atoms with Crippen LogP contribution in [0.3, 0.4) is 0 Å². The second-order valence-electron chi connectivity index (χ2n) is 4.29. The third-order valence-electron chi connectivity index (χ3n) is 2.63. The summed E-state index contributed by atoms with van der Waals surface area (Å²) in [6.45, 7) is 4.06. The molecule has 1 aromatic carbocycles. The Kier molecular flexibility index (Phi) is 5.64. The summed E-state index contributed by atoms with van der Waals surface area (Å²) in [6, 6.07) is 4.53. The minimum atomic E-state index is -0.663. The van der Waals surface area contributed by atoms with Crippen LogP contribution in [0.2, 0.25) is 0 Å². The van der Waals surface area contributed by atoms with E-state index in [1.54, 1.807) is 6.92 Å². The normalized spacial score (nSPS) is 11.5. The highest BCUT2D eigenvalue weighted by atomic mass is 16.6. The molecular weight excluding hydrogens is 262 g/mol. The van der Waals surface area contributed by atoms with Gasteiger partial charge in [0.15, 0.2) is 0 Å². The third kappa shape index (κ3) is 4.34. The van der Waals surface area contributed by atoms with Gasteiger partial charge in [-0.05, 0) is 25.5 Å². The van der Waals surface area contributed by atoms with Crippen LogP contribution < -0.4 is 10.6 Å². The van der Waals surface area contributed by atoms with Crippen molar-refractivity contribution in [3.8, 4) is 0 Å². The first kappa shape index (κ1) is 15.6. The largest absolute Gasteiger partial charge is 0.354 e. The fraction of sp³-hybridized carbons (Fsp3) is 0.385. The van der Waals surface area contributed by atoms with Crippen molar-refractivity contribution in [1.82, 2.24) is 10.6 Å². The number of hydrogen-bond donors (Lipinski definition) is 2. The number of rotatable bonds is 6. The molecule has 0 unspecified atom stereocenters. The first-order valence-corrected chi connectivity index (χ1v) is 6.28. The van der Waals surface area contributed by atoms with E-state index in [-0.39, 0.29) is 17.2 Å². The first-order valence-electron chi connectivity index (χ1n) is 6.28. The standard InChI is InChI=1S/C13H17N3O4/c1-3-8-14-12(17)9(2)15-13(18)10-4-6-11(7-5-10)16(19)20/h4-7,9H,3,8H2,1-2H3,(H,14,17)(H,15,18)/t9-/m0/s1. The van der Waals surface area contributed by atoms with Crippen LogP contribution >= 0.6 is 0 Å². The molecule has 108 valence electrons. The Morgan fingerprint density at radius 1 is 1.30 bits per heavy atom. The number of nitrogens with zero attached hydrogens (tertiary/aromatic N) is 1. The van der Waals surface area contributed by atoms with Crippen molar-refractivity contribution < 1.29 is 14.5 Å². The van der Waals surface area contributed by atoms with Crippen molar-refractivity contribution in [2.45, 2.75) is 26.3 Å². The van der Waals surface area contributed by atoms with E-state index in [1.165, 1.54) is 24.3 Å². The molecule has 2 amide bonds. The topological polar surface area (TPSA) is 101 Å². The quantitative estimate of drug-likeness (QED) is 0.604. The monoisotopic (exact) mass is 279 g/mol. The summed E-state index contributed by atoms with van der Waals surface area (Å²) in [7, 11) is 0. The number of amides is 2. The average molecular weight is 279 g/mol. The highest BCUT2D eigenvalue weighted by Gasteiger charge is 2.16. The van der Waals surface area contributed by atoms with Crippen molar-refractivity contribution in [1.29, 1.82) is 0 Å². The molecule has 0 aliphatic carbocycles. The second kappa shape index (κ2) is 7.22. The van der Waals surface area contributed by atoms with Gasteiger partial charge in [0.1, 0.15) is 6.04 Å². The molecule has 0 radical (unpaired) electrons. The number of nitro benzene ring substituents is 1. The van der Waals surface area contributed by atoms with E-state index in [4.69, 9.17) is 0 Å². The average Bonchev–Trinajstić information content (AvgIpc) is 2.44. The molecule has 0 spiro atoms. The summed E-state index contributed by atoms with van der Waals surface area (Å²) in [5.74, 6) is -0.707. The van der Waals surface area contributed by atoms with Gasteiger partial charge in [-0.15, -0.1) is 0 Å². The SMILES string of the molecule is CCCNC(=O)[C@H](C)NC(=O)c1ccc([N+](=O)[O-])cc1. The molecule has 1 rings (SSSR count). The van der Waals surface area contributed by atoms with E-state index in [9.17, 15) is 19.7 Å². The molecule has 2 N–H and O–H groups in total. The maximum Gasteiger partial charge on any atom is 0.269 e. The van der Waals surface area contributed by atoms with Crippen molar-refractivity contribution in [2.24, 2.45) is 0 Å². The number of nitro groups is 1. The lowest BCUT2D eigenvalue weighted by Crippen LogP contribution is -2.44. The zero-order chi connectivity index (χ0) is 15.1. The number of hydrogen-bond acceptors (Lipinski definition) is 4. The van der Waals surface area contributed by atoms with Crippen LogP contribution in [0.25, 0.3) is 0 Å². The molecule has 0 heterocycles. The Hall–Kier alpha value is -2.44. The van der Waals surface area contributed by atoms with E-state index in [0.29, 0.717) is 6.54 Å². The van der Waals surface area contributed by atoms with Gasteiger partial charge < -0.3 is 10.6 Å². The number of nitrogens with one attached hydrogen (secondary N) is 2. The summed E-state index contributed by atoms with van der Waals surface area (Å²) in [4.78, 5) is 33.4. The Bertz CT molecular complexity index is 499. The highest BCUT2D eigenvalue weighted by Crippen LogP contribution is 2.11. The molecule has 0 fully saturated rings. The maximum atomic E-state index is 11.9. The molecule has 1 atom stereocenters. The molecule has 0 saturated heterocycles. The number of benzene rings is 1. The first-order chi connectivity index (χ1) is 9.45. The van der Waals surface area contributed by atoms with Crippen LogP contribution in [-0.2, 0) is 4.79 Å². The highest BCUT2D eigenvalue weighted by molar-refractivity contribution is 5.97. The molecule has 0 aromatic heterocycles. The van der Waals surface area contributed by atoms with E-state index in [1.807, 2.05) is 6.92 Å². The van der Waals surface area contributed by atoms with Crippen molar-refractivity contribution in [3.05, 3.63) is 39.9 Å². The van der Waals surface area contributed by atoms with Gasteiger partial charge >= 0.3 is 0 Å². The van der Waals surface area contributed by atoms with Crippen LogP contribution in [0, 0.1) is 10.1 Å². The molecule has 0 aliphatic rings. The fourth-order valence-electron chi connectivity index (χ4n) is 1.48. The molecule has 0 bridgehead atoms. The Balaban J connectivity index is 2.62. The van der Waals surface area contributed by atoms with Gasteiger partial charge in [0.25, 0.3) is 11.6 Å². The van der Waals surface area contributed by atoms with Crippen LogP contribution in [0.15, 0.2) is 24.3 Å². The van der Waals surface area contributed by atoms with Crippen LogP contribution in [-0.4, -0.2) is 29.3 Å². The Labute approximate surface area is 116 Å². The number of non-ortho nitro benzene ring substituents is 1. The van der Waals surface area contributed by atoms with Gasteiger partial charge in [-0.3, -0.25) is 19.7 Å². The molecule has 1 aromatic rings. The fourth-order valence-corrected chi connectivity index (χ4v) is 1.48. The third-order valence-corrected chi connectivity index (χ3v) is 2.63. The molecule has 0 aliphatic heterocycles. The van der Waals surface area contributed by atoms with Crippen molar-refractivity contribution >= 4 is 17.5 Å². The number of carbonyl (C=O) groups is 2. The van der Waals surface area contributed by atoms with E-state index >= 15 is 0 Å². The van der Waals surface area contributed by atoms with Gasteiger partial charge in [-0.1, -0.05) is 6.92 Å². The predicted molar refractivity (Wildman–Crippen MR) is 73.3 cm³/mol. The van der Waals surface area contributed by atoms with Crippen LogP contribution in [0.4, 0.5) is 5.69 Å². The smallest absolute Gasteiger partial charge is 0.269 e. The molecule has 20 heavy (non-hydrogen) atoms. The van der Waals surface area contributed by atoms with Crippen molar-refractivity contribution in [3.63, 3.8) is 0 Å². The van der Waals surface area contributed by atoms with E-state index in [0.717, 1.165) is 6.42 Å². The van der Waals surface area contributed by atoms with Crippen molar-refractivity contribution in [2.75, 3.05) is 6.54 Å². The Morgan fingerprint density at radius 3 is 2.40 bits per heavy atom. The van der Waals surface area contributed by atoms with Gasteiger partial charge in [0.2, 0.25) is 5.91 Å². The molecule has 7 nitrogen and oxygen atoms in total. The zero-order valence-electron chi connectivity index (χ0n) is 11.4. The van der Waals surface area contributed by atoms with Gasteiger partial charge in [-0.25, -0.2) is 0 Å². The van der Waals surface area contributed by atoms with E-state index < -0.39 is 16.9 Å². The molecular formula is C13H17N3O4. The van der Waals surface area contributed by atoms with Gasteiger partial charge in [0, 0.05) is 24.2 Å². The summed E-state index contributed by atoms with van der Waals surface area (Å²) in [5, 5.41) is 15.7. The summed E-state index contributed by atoms with van der Waals surface area (Å²) in [5.41, 5.74) is 0.182. The van der Waals surface area contributed by atoms with Gasteiger partial charge in [0.05, 0.1) is 4.92 Å². The lowest BCUT2D eigenvalue weighted by Gasteiger charge is -2.13. The summed E-state index contributed by atoms with van der Waals surface area (Å²) >= 11 is 0. The summed E-state index contributed by atoms with van der Waals surface area (Å²) < 4.78 is 0. The Morgan fingerprint density at radius 2 is 1.90 bits per heavy atom. The summed E-state index contributed by atoms with van der Waals surface area (Å²) in [6.07, 6.45) is 0.814. The zero-order valence-corrected chi connectivity index (χ0v) is 11.4. The molecule has 7 heteroatoms. The van der Waals surface area contributed by atoms with Gasteiger partial charge in [-0.2, -0.15) is 0 Å². The maximum absolute atomic E-state index is 11.9. The van der Waals surface area contributed by atoms with Crippen LogP contribution in [0.1, 0.15) is 30.6 Å². The minimum absolute atomic E-state index is 0.0877. The van der Waals surface area contributed by atoms with E-state index in [2.05, 4.69) is 10.6 Å². The predicted octanol–water partition coefficient (Wildman–Crippen LogP) is 1.24. The number of carbonyl (C=O) groups excluding carboxylic acids is 2.